The predicted octanol–water partition coefficient (Wildman–Crippen LogP) is 2.59. The molecule has 0 aromatic heterocycles. The van der Waals surface area contributed by atoms with Gasteiger partial charge in [0.05, 0.1) is 19.3 Å². The molecule has 5 heteroatoms. The molecule has 0 saturated carbocycles. The van der Waals surface area contributed by atoms with E-state index in [-0.39, 0.29) is 18.6 Å². The largest absolute Gasteiger partial charge is 0.494 e. The third-order valence-corrected chi connectivity index (χ3v) is 4.05. The Hall–Kier alpha value is -1.07. The van der Waals surface area contributed by atoms with Crippen molar-refractivity contribution in [1.29, 1.82) is 0 Å². The molecule has 1 amide bonds. The van der Waals surface area contributed by atoms with E-state index in [1.807, 2.05) is 24.3 Å². The summed E-state index contributed by atoms with van der Waals surface area (Å²) in [5.74, 6) is 0.941. The molecule has 0 unspecified atom stereocenters. The molecule has 1 saturated heterocycles. The van der Waals surface area contributed by atoms with E-state index in [1.54, 1.807) is 4.90 Å². The Morgan fingerprint density at radius 1 is 1.40 bits per heavy atom. The lowest BCUT2D eigenvalue weighted by Gasteiger charge is -2.22. The number of hydrogen-bond donors (Lipinski definition) is 1. The molecule has 1 aliphatic heterocycles. The molecule has 1 N–H and O–H groups in total. The van der Waals surface area contributed by atoms with Crippen molar-refractivity contribution in [2.45, 2.75) is 31.7 Å². The Labute approximate surface area is 127 Å². The number of aliphatic hydroxyl groups excluding tert-OH is 1. The van der Waals surface area contributed by atoms with Gasteiger partial charge in [0.25, 0.3) is 0 Å². The van der Waals surface area contributed by atoms with Crippen molar-refractivity contribution < 1.29 is 14.6 Å². The third kappa shape index (κ3) is 4.21. The van der Waals surface area contributed by atoms with Crippen LogP contribution in [0.1, 0.15) is 25.7 Å². The number of carbonyl (C=O) groups is 1. The zero-order valence-corrected chi connectivity index (χ0v) is 13.0. The van der Waals surface area contributed by atoms with Gasteiger partial charge in [-0.2, -0.15) is 0 Å². The molecule has 1 aromatic carbocycles. The first-order chi connectivity index (χ1) is 9.70. The van der Waals surface area contributed by atoms with Gasteiger partial charge in [0.2, 0.25) is 5.91 Å². The van der Waals surface area contributed by atoms with E-state index in [0.29, 0.717) is 19.4 Å². The molecule has 0 spiro atoms. The van der Waals surface area contributed by atoms with Gasteiger partial charge in [0.15, 0.2) is 0 Å². The second kappa shape index (κ2) is 7.64. The summed E-state index contributed by atoms with van der Waals surface area (Å²) in [6, 6.07) is 7.67. The van der Waals surface area contributed by atoms with Crippen molar-refractivity contribution in [3.05, 3.63) is 28.7 Å². The molecule has 2 rings (SSSR count). The van der Waals surface area contributed by atoms with Crippen LogP contribution in [0.4, 0.5) is 0 Å². The number of benzene rings is 1. The highest BCUT2D eigenvalue weighted by atomic mass is 79.9. The Balaban J connectivity index is 1.68. The van der Waals surface area contributed by atoms with Gasteiger partial charge >= 0.3 is 0 Å². The van der Waals surface area contributed by atoms with Crippen molar-refractivity contribution >= 4 is 21.8 Å². The number of hydrogen-bond acceptors (Lipinski definition) is 3. The van der Waals surface area contributed by atoms with Crippen molar-refractivity contribution in [3.8, 4) is 5.75 Å². The number of rotatable bonds is 6. The van der Waals surface area contributed by atoms with E-state index in [4.69, 9.17) is 4.74 Å². The fourth-order valence-corrected chi connectivity index (χ4v) is 2.71. The summed E-state index contributed by atoms with van der Waals surface area (Å²) < 4.78 is 6.60. The van der Waals surface area contributed by atoms with E-state index >= 15 is 0 Å². The minimum absolute atomic E-state index is 0.0230. The van der Waals surface area contributed by atoms with Crippen LogP contribution >= 0.6 is 15.9 Å². The quantitative estimate of drug-likeness (QED) is 0.809. The molecular formula is C15H20BrNO3. The van der Waals surface area contributed by atoms with Gasteiger partial charge in [-0.3, -0.25) is 4.79 Å². The molecule has 0 bridgehead atoms. The summed E-state index contributed by atoms with van der Waals surface area (Å²) in [5, 5.41) is 9.21. The molecule has 1 atom stereocenters. The highest BCUT2D eigenvalue weighted by Gasteiger charge is 2.27. The molecule has 1 aliphatic rings. The maximum absolute atomic E-state index is 12.0. The average molecular weight is 342 g/mol. The van der Waals surface area contributed by atoms with Gasteiger partial charge < -0.3 is 14.7 Å². The SMILES string of the molecule is O=C(CCCOc1ccc(Br)cc1)N1CCC[C@H]1CO. The first kappa shape index (κ1) is 15.3. The van der Waals surface area contributed by atoms with Crippen LogP contribution in [-0.2, 0) is 4.79 Å². The molecule has 1 heterocycles. The highest BCUT2D eigenvalue weighted by Crippen LogP contribution is 2.19. The number of nitrogens with zero attached hydrogens (tertiary/aromatic N) is 1. The van der Waals surface area contributed by atoms with Crippen molar-refractivity contribution in [3.63, 3.8) is 0 Å². The topological polar surface area (TPSA) is 49.8 Å². The zero-order chi connectivity index (χ0) is 14.4. The first-order valence-corrected chi connectivity index (χ1v) is 7.78. The summed E-state index contributed by atoms with van der Waals surface area (Å²) in [7, 11) is 0. The molecule has 0 radical (unpaired) electrons. The molecule has 1 aromatic rings. The minimum Gasteiger partial charge on any atom is -0.494 e. The summed E-state index contributed by atoms with van der Waals surface area (Å²) in [6.07, 6.45) is 3.08. The lowest BCUT2D eigenvalue weighted by molar-refractivity contribution is -0.132. The smallest absolute Gasteiger partial charge is 0.223 e. The van der Waals surface area contributed by atoms with Gasteiger partial charge in [-0.15, -0.1) is 0 Å². The Kier molecular flexibility index (Phi) is 5.86. The Morgan fingerprint density at radius 2 is 2.15 bits per heavy atom. The predicted molar refractivity (Wildman–Crippen MR) is 80.7 cm³/mol. The average Bonchev–Trinajstić information content (AvgIpc) is 2.94. The standard InChI is InChI=1S/C15H20BrNO3/c16-12-5-7-14(8-6-12)20-10-2-4-15(19)17-9-1-3-13(17)11-18/h5-8,13,18H,1-4,9-11H2/t13-/m0/s1. The molecule has 0 aliphatic carbocycles. The maximum Gasteiger partial charge on any atom is 0.223 e. The van der Waals surface area contributed by atoms with Crippen LogP contribution < -0.4 is 4.74 Å². The van der Waals surface area contributed by atoms with Crippen LogP contribution in [0.15, 0.2) is 28.7 Å². The van der Waals surface area contributed by atoms with Crippen molar-refractivity contribution in [2.24, 2.45) is 0 Å². The number of amides is 1. The maximum atomic E-state index is 12.0. The van der Waals surface area contributed by atoms with Crippen LogP contribution in [0.25, 0.3) is 0 Å². The van der Waals surface area contributed by atoms with Crippen LogP contribution in [0.2, 0.25) is 0 Å². The van der Waals surface area contributed by atoms with Crippen LogP contribution in [-0.4, -0.2) is 41.7 Å². The second-order valence-corrected chi connectivity index (χ2v) is 5.89. The lowest BCUT2D eigenvalue weighted by Crippen LogP contribution is -2.37. The van der Waals surface area contributed by atoms with E-state index in [1.165, 1.54) is 0 Å². The summed E-state index contributed by atoms with van der Waals surface area (Å²) in [4.78, 5) is 13.8. The molecule has 110 valence electrons. The number of halogens is 1. The third-order valence-electron chi connectivity index (χ3n) is 3.53. The Morgan fingerprint density at radius 3 is 2.85 bits per heavy atom. The summed E-state index contributed by atoms with van der Waals surface area (Å²) in [5.41, 5.74) is 0. The second-order valence-electron chi connectivity index (χ2n) is 4.97. The van der Waals surface area contributed by atoms with E-state index in [9.17, 15) is 9.90 Å². The molecule has 20 heavy (non-hydrogen) atoms. The van der Waals surface area contributed by atoms with E-state index < -0.39 is 0 Å². The number of carbonyl (C=O) groups excluding carboxylic acids is 1. The molecular weight excluding hydrogens is 322 g/mol. The van der Waals surface area contributed by atoms with Gasteiger partial charge in [0, 0.05) is 17.4 Å². The monoisotopic (exact) mass is 341 g/mol. The lowest BCUT2D eigenvalue weighted by atomic mass is 10.2. The number of ether oxygens (including phenoxy) is 1. The number of likely N-dealkylation sites (tertiary alicyclic amines) is 1. The number of aliphatic hydroxyl groups is 1. The molecule has 1 fully saturated rings. The summed E-state index contributed by atoms with van der Waals surface area (Å²) >= 11 is 3.37. The Bertz CT molecular complexity index is 435. The fourth-order valence-electron chi connectivity index (χ4n) is 2.44. The van der Waals surface area contributed by atoms with Crippen LogP contribution in [0.3, 0.4) is 0 Å². The van der Waals surface area contributed by atoms with Crippen LogP contribution in [0.5, 0.6) is 5.75 Å². The van der Waals surface area contributed by atoms with Crippen LogP contribution in [0, 0.1) is 0 Å². The van der Waals surface area contributed by atoms with Gasteiger partial charge in [0.1, 0.15) is 5.75 Å². The van der Waals surface area contributed by atoms with Gasteiger partial charge in [-0.05, 0) is 43.5 Å². The fraction of sp³-hybridized carbons (Fsp3) is 0.533. The van der Waals surface area contributed by atoms with Gasteiger partial charge in [-0.1, -0.05) is 15.9 Å². The van der Waals surface area contributed by atoms with Crippen molar-refractivity contribution in [2.75, 3.05) is 19.8 Å². The van der Waals surface area contributed by atoms with E-state index in [2.05, 4.69) is 15.9 Å². The normalized spacial score (nSPS) is 18.3. The minimum atomic E-state index is 0.0230. The molecule has 4 nitrogen and oxygen atoms in total. The van der Waals surface area contributed by atoms with E-state index in [0.717, 1.165) is 29.6 Å². The summed E-state index contributed by atoms with van der Waals surface area (Å²) in [6.45, 7) is 1.38. The zero-order valence-electron chi connectivity index (χ0n) is 11.4. The van der Waals surface area contributed by atoms with Gasteiger partial charge in [-0.25, -0.2) is 0 Å². The first-order valence-electron chi connectivity index (χ1n) is 6.99. The van der Waals surface area contributed by atoms with Crippen molar-refractivity contribution in [1.82, 2.24) is 4.90 Å². The highest BCUT2D eigenvalue weighted by molar-refractivity contribution is 9.10.